The van der Waals surface area contributed by atoms with Crippen molar-refractivity contribution >= 4 is 23.2 Å². The van der Waals surface area contributed by atoms with Crippen LogP contribution >= 0.6 is 23.2 Å². The first-order valence-electron chi connectivity index (χ1n) is 5.98. The highest BCUT2D eigenvalue weighted by Gasteiger charge is 2.05. The summed E-state index contributed by atoms with van der Waals surface area (Å²) in [5.41, 5.74) is 1.40. The van der Waals surface area contributed by atoms with E-state index in [0.29, 0.717) is 15.6 Å². The summed E-state index contributed by atoms with van der Waals surface area (Å²) in [6.45, 7) is 10.2. The van der Waals surface area contributed by atoms with Gasteiger partial charge in [0.1, 0.15) is 0 Å². The van der Waals surface area contributed by atoms with E-state index in [2.05, 4.69) is 13.8 Å². The lowest BCUT2D eigenvalue weighted by Crippen LogP contribution is -1.86. The lowest BCUT2D eigenvalue weighted by atomic mass is 10.1. The molecule has 0 heterocycles. The fourth-order valence-electron chi connectivity index (χ4n) is 1.01. The maximum absolute atomic E-state index is 8.58. The Morgan fingerprint density at radius 2 is 1.41 bits per heavy atom. The molecule has 0 bridgehead atoms. The highest BCUT2D eigenvalue weighted by atomic mass is 35.5. The monoisotopic (exact) mass is 273 g/mol. The third-order valence-corrected chi connectivity index (χ3v) is 2.30. The van der Waals surface area contributed by atoms with Crippen LogP contribution in [0.25, 0.3) is 0 Å². The molecule has 0 saturated carbocycles. The Morgan fingerprint density at radius 3 is 1.65 bits per heavy atom. The number of hydrogen-bond donors (Lipinski definition) is 0. The first kappa shape index (κ1) is 18.6. The van der Waals surface area contributed by atoms with Crippen molar-refractivity contribution in [3.63, 3.8) is 0 Å². The number of halogens is 2. The Balaban J connectivity index is 0. The lowest BCUT2D eigenvalue weighted by molar-refractivity contribution is 1.09. The van der Waals surface area contributed by atoms with Crippen LogP contribution in [0.5, 0.6) is 0 Å². The molecule has 1 nitrogen and oxygen atoms in total. The number of nitriles is 1. The molecule has 96 valence electrons. The van der Waals surface area contributed by atoms with Crippen molar-refractivity contribution in [3.8, 4) is 6.07 Å². The van der Waals surface area contributed by atoms with Crippen molar-refractivity contribution in [3.05, 3.63) is 33.3 Å². The van der Waals surface area contributed by atoms with Gasteiger partial charge in [-0.3, -0.25) is 0 Å². The van der Waals surface area contributed by atoms with Gasteiger partial charge in [-0.15, -0.1) is 0 Å². The smallest absolute Gasteiger partial charge is 0.0992 e. The zero-order chi connectivity index (χ0) is 13.8. The van der Waals surface area contributed by atoms with Crippen LogP contribution in [0, 0.1) is 11.3 Å². The maximum Gasteiger partial charge on any atom is 0.0992 e. The summed E-state index contributed by atoms with van der Waals surface area (Å²) in [4.78, 5) is 0. The van der Waals surface area contributed by atoms with Crippen molar-refractivity contribution in [2.24, 2.45) is 0 Å². The molecular formula is C14H21Cl2N. The molecule has 0 amide bonds. The molecule has 0 atom stereocenters. The molecule has 0 spiro atoms. The second-order valence-corrected chi connectivity index (χ2v) is 3.91. The molecular weight excluding hydrogens is 253 g/mol. The fraction of sp³-hybridized carbons (Fsp3) is 0.500. The van der Waals surface area contributed by atoms with Gasteiger partial charge in [-0.05, 0) is 24.1 Å². The standard InChI is InChI=1S/C9H7Cl2N.C3H8.C2H6/c1-2-7-8(10)3-6(5-12)4-9(7)11;1-3-2;1-2/h3-4H,2H2,1H3;3H2,1-2H3;1-2H3. The molecule has 17 heavy (non-hydrogen) atoms. The van der Waals surface area contributed by atoms with Crippen LogP contribution in [0.4, 0.5) is 0 Å². The van der Waals surface area contributed by atoms with Crippen LogP contribution in [0.2, 0.25) is 10.0 Å². The molecule has 0 aliphatic heterocycles. The number of nitrogens with zero attached hydrogens (tertiary/aromatic N) is 1. The third-order valence-electron chi connectivity index (χ3n) is 1.62. The Morgan fingerprint density at radius 1 is 1.06 bits per heavy atom. The largest absolute Gasteiger partial charge is 0.192 e. The molecule has 1 rings (SSSR count). The Bertz CT molecular complexity index is 331. The average molecular weight is 274 g/mol. The lowest BCUT2D eigenvalue weighted by Gasteiger charge is -2.03. The van der Waals surface area contributed by atoms with Crippen molar-refractivity contribution in [2.45, 2.75) is 47.5 Å². The van der Waals surface area contributed by atoms with Crippen LogP contribution in [-0.4, -0.2) is 0 Å². The van der Waals surface area contributed by atoms with E-state index in [1.165, 1.54) is 6.42 Å². The molecule has 0 aliphatic rings. The summed E-state index contributed by atoms with van der Waals surface area (Å²) in [5.74, 6) is 0. The number of rotatable bonds is 1. The Hall–Kier alpha value is -0.710. The minimum Gasteiger partial charge on any atom is -0.192 e. The summed E-state index contributed by atoms with van der Waals surface area (Å²) in [6.07, 6.45) is 2.03. The third kappa shape index (κ3) is 7.26. The SMILES string of the molecule is CC.CCC.CCc1c(Cl)cc(C#N)cc1Cl. The maximum atomic E-state index is 8.58. The molecule has 0 aromatic heterocycles. The molecule has 0 aliphatic carbocycles. The Labute approximate surface area is 115 Å². The summed E-state index contributed by atoms with van der Waals surface area (Å²) >= 11 is 11.8. The number of benzene rings is 1. The van der Waals surface area contributed by atoms with Gasteiger partial charge in [-0.2, -0.15) is 5.26 Å². The minimum absolute atomic E-state index is 0.502. The van der Waals surface area contributed by atoms with Crippen LogP contribution in [0.3, 0.4) is 0 Å². The van der Waals surface area contributed by atoms with Gasteiger partial charge < -0.3 is 0 Å². The first-order valence-corrected chi connectivity index (χ1v) is 6.74. The number of hydrogen-bond acceptors (Lipinski definition) is 1. The van der Waals surface area contributed by atoms with Gasteiger partial charge >= 0.3 is 0 Å². The van der Waals surface area contributed by atoms with Gasteiger partial charge in [0.2, 0.25) is 0 Å². The van der Waals surface area contributed by atoms with Gasteiger partial charge in [0.15, 0.2) is 0 Å². The van der Waals surface area contributed by atoms with Crippen molar-refractivity contribution in [2.75, 3.05) is 0 Å². The highest BCUT2D eigenvalue weighted by Crippen LogP contribution is 2.26. The van der Waals surface area contributed by atoms with E-state index in [4.69, 9.17) is 28.5 Å². The van der Waals surface area contributed by atoms with E-state index in [-0.39, 0.29) is 0 Å². The average Bonchev–Trinajstić information content (AvgIpc) is 2.32. The normalized spacial score (nSPS) is 8.12. The zero-order valence-electron chi connectivity index (χ0n) is 11.3. The highest BCUT2D eigenvalue weighted by molar-refractivity contribution is 6.36. The predicted octanol–water partition coefficient (Wildman–Crippen LogP) is 5.87. The fourth-order valence-corrected chi connectivity index (χ4v) is 1.76. The molecule has 0 fully saturated rings. The predicted molar refractivity (Wildman–Crippen MR) is 77.9 cm³/mol. The van der Waals surface area contributed by atoms with Gasteiger partial charge in [0.25, 0.3) is 0 Å². The summed E-state index contributed by atoms with van der Waals surface area (Å²) in [6, 6.07) is 5.25. The van der Waals surface area contributed by atoms with E-state index in [9.17, 15) is 0 Å². The minimum atomic E-state index is 0.502. The molecule has 0 N–H and O–H groups in total. The summed E-state index contributed by atoms with van der Waals surface area (Å²) < 4.78 is 0. The molecule has 0 radical (unpaired) electrons. The summed E-state index contributed by atoms with van der Waals surface area (Å²) in [7, 11) is 0. The molecule has 0 unspecified atom stereocenters. The van der Waals surface area contributed by atoms with Crippen LogP contribution in [0.1, 0.15) is 52.2 Å². The van der Waals surface area contributed by atoms with Crippen molar-refractivity contribution in [1.82, 2.24) is 0 Å². The second kappa shape index (κ2) is 11.8. The molecule has 0 saturated heterocycles. The zero-order valence-corrected chi connectivity index (χ0v) is 12.8. The van der Waals surface area contributed by atoms with Crippen LogP contribution < -0.4 is 0 Å². The summed E-state index contributed by atoms with van der Waals surface area (Å²) in [5, 5.41) is 9.72. The van der Waals surface area contributed by atoms with Gasteiger partial charge in [0, 0.05) is 10.0 Å². The van der Waals surface area contributed by atoms with E-state index in [1.54, 1.807) is 12.1 Å². The topological polar surface area (TPSA) is 23.8 Å². The van der Waals surface area contributed by atoms with E-state index >= 15 is 0 Å². The van der Waals surface area contributed by atoms with Crippen molar-refractivity contribution < 1.29 is 0 Å². The second-order valence-electron chi connectivity index (χ2n) is 3.09. The van der Waals surface area contributed by atoms with Gasteiger partial charge in [-0.25, -0.2) is 0 Å². The van der Waals surface area contributed by atoms with Gasteiger partial charge in [-0.1, -0.05) is 64.2 Å². The van der Waals surface area contributed by atoms with Crippen LogP contribution in [-0.2, 0) is 6.42 Å². The molecule has 1 aromatic rings. The quantitative estimate of drug-likeness (QED) is 0.628. The van der Waals surface area contributed by atoms with Crippen LogP contribution in [0.15, 0.2) is 12.1 Å². The first-order chi connectivity index (χ1) is 8.10. The van der Waals surface area contributed by atoms with E-state index < -0.39 is 0 Å². The van der Waals surface area contributed by atoms with E-state index in [0.717, 1.165) is 12.0 Å². The van der Waals surface area contributed by atoms with Crippen molar-refractivity contribution in [1.29, 1.82) is 5.26 Å². The molecule has 3 heteroatoms. The Kier molecular flexibility index (Phi) is 12.9. The van der Waals surface area contributed by atoms with E-state index in [1.807, 2.05) is 26.8 Å². The molecule has 1 aromatic carbocycles. The van der Waals surface area contributed by atoms with Gasteiger partial charge in [0.05, 0.1) is 11.6 Å².